The zero-order chi connectivity index (χ0) is 22.0. The summed E-state index contributed by atoms with van der Waals surface area (Å²) in [5.41, 5.74) is -0.0847. The van der Waals surface area contributed by atoms with Gasteiger partial charge in [-0.25, -0.2) is 13.4 Å². The molecule has 0 aliphatic carbocycles. The van der Waals surface area contributed by atoms with E-state index < -0.39 is 9.84 Å². The first-order valence-corrected chi connectivity index (χ1v) is 11.3. The van der Waals surface area contributed by atoms with E-state index in [1.807, 2.05) is 0 Å². The van der Waals surface area contributed by atoms with Crippen molar-refractivity contribution in [3.63, 3.8) is 0 Å². The van der Waals surface area contributed by atoms with Crippen molar-refractivity contribution in [3.05, 3.63) is 51.6 Å². The molecule has 5 nitrogen and oxygen atoms in total. The Labute approximate surface area is 200 Å². The predicted octanol–water partition coefficient (Wildman–Crippen LogP) is 7.14. The second-order valence-electron chi connectivity index (χ2n) is 4.65. The van der Waals surface area contributed by atoms with Crippen LogP contribution in [0.15, 0.2) is 4.90 Å². The molecule has 0 N–H and O–H groups in total. The normalized spacial score (nSPS) is 10.5. The zero-order valence-corrected chi connectivity index (χ0v) is 20.0. The average molecular weight is 561 g/mol. The maximum absolute atomic E-state index is 11.3. The highest BCUT2D eigenvalue weighted by Crippen LogP contribution is 2.40. The minimum Gasteiger partial charge on any atom is -0.224 e. The Morgan fingerprint density at radius 2 is 1.04 bits per heavy atom. The number of aromatic nitrogens is 1. The van der Waals surface area contributed by atoms with Crippen LogP contribution in [0.5, 0.6) is 0 Å². The lowest BCUT2D eigenvalue weighted by Gasteiger charge is -2.06. The Morgan fingerprint density at radius 3 is 1.32 bits per heavy atom. The monoisotopic (exact) mass is 557 g/mol. The van der Waals surface area contributed by atoms with E-state index in [9.17, 15) is 8.42 Å². The zero-order valence-electron chi connectivity index (χ0n) is 13.1. The summed E-state index contributed by atoms with van der Waals surface area (Å²) in [5, 5.41) is 16.4. The van der Waals surface area contributed by atoms with E-state index >= 15 is 0 Å². The molecule has 0 saturated carbocycles. The van der Waals surface area contributed by atoms with Crippen molar-refractivity contribution < 1.29 is 8.42 Å². The lowest BCUT2D eigenvalue weighted by Crippen LogP contribution is -2.01. The van der Waals surface area contributed by atoms with Crippen LogP contribution < -0.4 is 0 Å². The number of hydrogen-bond donors (Lipinski definition) is 0. The van der Waals surface area contributed by atoms with Gasteiger partial charge in [-0.15, -0.1) is 0 Å². The lowest BCUT2D eigenvalue weighted by molar-refractivity contribution is 0.602. The fraction of sp³-hybridized carbons (Fsp3) is 0.0714. The van der Waals surface area contributed by atoms with Crippen molar-refractivity contribution in [2.24, 2.45) is 0 Å². The Bertz CT molecular complexity index is 1090. The van der Waals surface area contributed by atoms with Gasteiger partial charge in [0.15, 0.2) is 20.1 Å². The van der Waals surface area contributed by atoms with Crippen LogP contribution in [-0.4, -0.2) is 19.7 Å². The molecule has 1 heterocycles. The molecule has 2 rings (SSSR count). The van der Waals surface area contributed by atoms with Crippen LogP contribution in [0, 0.1) is 22.7 Å². The van der Waals surface area contributed by atoms with Gasteiger partial charge in [0.2, 0.25) is 0 Å². The molecule has 1 aromatic carbocycles. The number of nitrogens with zero attached hydrogens (tertiary/aromatic N) is 3. The van der Waals surface area contributed by atoms with E-state index in [0.29, 0.717) is 0 Å². The molecular weight excluding hydrogens is 558 g/mol. The van der Waals surface area contributed by atoms with E-state index in [1.54, 1.807) is 12.1 Å². The Hall–Kier alpha value is -0.380. The summed E-state index contributed by atoms with van der Waals surface area (Å²) < 4.78 is 22.5. The summed E-state index contributed by atoms with van der Waals surface area (Å²) in [6, 6.07) is 3.50. The fourth-order valence-corrected chi connectivity index (χ4v) is 5.21. The van der Waals surface area contributed by atoms with Gasteiger partial charge in [-0.3, -0.25) is 0 Å². The van der Waals surface area contributed by atoms with E-state index in [2.05, 4.69) is 4.98 Å². The number of nitriles is 2. The van der Waals surface area contributed by atoms with Crippen LogP contribution in [0.3, 0.4) is 0 Å². The number of sulfone groups is 1. The molecule has 28 heavy (non-hydrogen) atoms. The van der Waals surface area contributed by atoms with Crippen molar-refractivity contribution in [3.8, 4) is 12.1 Å². The van der Waals surface area contributed by atoms with Crippen LogP contribution in [0.25, 0.3) is 0 Å². The van der Waals surface area contributed by atoms with Crippen LogP contribution in [0.2, 0.25) is 40.4 Å². The summed E-state index contributed by atoms with van der Waals surface area (Å²) >= 11 is 45.2. The van der Waals surface area contributed by atoms with E-state index in [0.717, 1.165) is 6.26 Å². The van der Waals surface area contributed by atoms with E-state index in [1.165, 1.54) is 0 Å². The SMILES string of the molecule is CS(=O)(=O)c1c(Cl)c(Cl)nc(Cl)c1Cl.N#Cc1c(Cl)c(Cl)c(Cl)c(C#N)c1Cl. The standard InChI is InChI=1S/C8Cl4N2.C6H3Cl4NO2S/c9-5-3(1-13)6(10)8(12)7(11)4(5)2-14;1-14(12,13)4-2(7)5(9)11-6(10)3(4)8/h;1H3. The fourth-order valence-electron chi connectivity index (χ4n) is 1.62. The topological polar surface area (TPSA) is 94.6 Å². The number of halogens is 8. The Morgan fingerprint density at radius 1 is 0.679 bits per heavy atom. The molecule has 2 aromatic rings. The maximum atomic E-state index is 11.3. The Balaban J connectivity index is 0.000000280. The summed E-state index contributed by atoms with van der Waals surface area (Å²) in [5.74, 6) is 0. The van der Waals surface area contributed by atoms with Crippen LogP contribution in [0.1, 0.15) is 11.1 Å². The highest BCUT2D eigenvalue weighted by atomic mass is 35.5. The van der Waals surface area contributed by atoms with Gasteiger partial charge < -0.3 is 0 Å². The third-order valence-electron chi connectivity index (χ3n) is 2.82. The maximum Gasteiger partial charge on any atom is 0.178 e. The third kappa shape index (κ3) is 5.40. The molecule has 0 aliphatic rings. The van der Waals surface area contributed by atoms with E-state index in [4.69, 9.17) is 103 Å². The van der Waals surface area contributed by atoms with Crippen LogP contribution in [-0.2, 0) is 9.84 Å². The summed E-state index contributed by atoms with van der Waals surface area (Å²) in [7, 11) is -3.58. The molecule has 0 radical (unpaired) electrons. The molecule has 14 heteroatoms. The Kier molecular flexibility index (Phi) is 9.24. The van der Waals surface area contributed by atoms with Gasteiger partial charge in [-0.1, -0.05) is 92.8 Å². The summed E-state index contributed by atoms with van der Waals surface area (Å²) in [4.78, 5) is 3.25. The number of pyridine rings is 1. The predicted molar refractivity (Wildman–Crippen MR) is 113 cm³/mol. The molecule has 0 aliphatic heterocycles. The van der Waals surface area contributed by atoms with E-state index in [-0.39, 0.29) is 56.5 Å². The molecule has 0 spiro atoms. The molecule has 0 saturated heterocycles. The number of benzene rings is 1. The molecule has 0 amide bonds. The number of rotatable bonds is 1. The second-order valence-corrected chi connectivity index (χ2v) is 9.59. The minimum atomic E-state index is -3.58. The summed E-state index contributed by atoms with van der Waals surface area (Å²) in [6.07, 6.45) is 0.951. The smallest absolute Gasteiger partial charge is 0.178 e. The number of hydrogen-bond acceptors (Lipinski definition) is 5. The van der Waals surface area contributed by atoms with Gasteiger partial charge in [-0.2, -0.15) is 10.5 Å². The third-order valence-corrected chi connectivity index (χ3v) is 7.37. The van der Waals surface area contributed by atoms with Gasteiger partial charge in [0.25, 0.3) is 0 Å². The molecule has 148 valence electrons. The van der Waals surface area contributed by atoms with Crippen molar-refractivity contribution in [2.45, 2.75) is 4.90 Å². The van der Waals surface area contributed by atoms with Gasteiger partial charge in [0.05, 0.1) is 41.3 Å². The molecule has 0 atom stereocenters. The van der Waals surface area contributed by atoms with Crippen molar-refractivity contribution in [1.29, 1.82) is 10.5 Å². The lowest BCUT2D eigenvalue weighted by atomic mass is 10.1. The van der Waals surface area contributed by atoms with Crippen LogP contribution in [0.4, 0.5) is 0 Å². The highest BCUT2D eigenvalue weighted by Gasteiger charge is 2.23. The quantitative estimate of drug-likeness (QED) is 0.210. The molecule has 0 unspecified atom stereocenters. The van der Waals surface area contributed by atoms with Crippen molar-refractivity contribution in [1.82, 2.24) is 4.98 Å². The van der Waals surface area contributed by atoms with Gasteiger partial charge >= 0.3 is 0 Å². The highest BCUT2D eigenvalue weighted by molar-refractivity contribution is 7.91. The first-order chi connectivity index (χ1) is 12.8. The van der Waals surface area contributed by atoms with Crippen LogP contribution >= 0.6 is 92.8 Å². The van der Waals surface area contributed by atoms with Gasteiger partial charge in [0.1, 0.15) is 17.0 Å². The van der Waals surface area contributed by atoms with Crippen molar-refractivity contribution >= 4 is 103 Å². The molecule has 0 bridgehead atoms. The molecule has 1 aromatic heterocycles. The minimum absolute atomic E-state index is 0.0363. The van der Waals surface area contributed by atoms with Gasteiger partial charge in [-0.05, 0) is 0 Å². The molecule has 0 fully saturated rings. The average Bonchev–Trinajstić information content (AvgIpc) is 2.59. The summed E-state index contributed by atoms with van der Waals surface area (Å²) in [6.45, 7) is 0. The van der Waals surface area contributed by atoms with Crippen molar-refractivity contribution in [2.75, 3.05) is 6.26 Å². The van der Waals surface area contributed by atoms with Gasteiger partial charge in [0, 0.05) is 6.26 Å². The first kappa shape index (κ1) is 25.7. The second kappa shape index (κ2) is 10.1. The largest absolute Gasteiger partial charge is 0.224 e. The molecular formula is C14H3Cl8N3O2S. The first-order valence-electron chi connectivity index (χ1n) is 6.35.